The summed E-state index contributed by atoms with van der Waals surface area (Å²) >= 11 is 0. The second-order valence-corrected chi connectivity index (χ2v) is 4.25. The van der Waals surface area contributed by atoms with Crippen LogP contribution in [0.4, 0.5) is 14.5 Å². The average molecular weight is 289 g/mol. The molecule has 1 N–H and O–H groups in total. The summed E-state index contributed by atoms with van der Waals surface area (Å²) in [6.07, 6.45) is 1.10. The third-order valence-corrected chi connectivity index (χ3v) is 2.70. The van der Waals surface area contributed by atoms with Crippen LogP contribution >= 0.6 is 0 Å². The Morgan fingerprint density at radius 3 is 2.71 bits per heavy atom. The Morgan fingerprint density at radius 2 is 2.05 bits per heavy atom. The number of carbonyl (C=O) groups excluding carboxylic acids is 1. The molecule has 0 spiro atoms. The Morgan fingerprint density at radius 1 is 1.24 bits per heavy atom. The number of ether oxygens (including phenoxy) is 1. The molecule has 0 atom stereocenters. The van der Waals surface area contributed by atoms with Crippen molar-refractivity contribution in [2.45, 2.75) is 6.61 Å². The highest BCUT2D eigenvalue weighted by Crippen LogP contribution is 2.18. The molecule has 2 aromatic carbocycles. The highest BCUT2D eigenvalue weighted by atomic mass is 19.1. The molecule has 0 aliphatic heterocycles. The van der Waals surface area contributed by atoms with Crippen molar-refractivity contribution in [1.82, 2.24) is 0 Å². The van der Waals surface area contributed by atoms with E-state index in [9.17, 15) is 13.6 Å². The summed E-state index contributed by atoms with van der Waals surface area (Å²) in [7, 11) is 0. The van der Waals surface area contributed by atoms with Gasteiger partial charge in [-0.25, -0.2) is 8.78 Å². The molecule has 0 aliphatic carbocycles. The molecule has 0 aliphatic rings. The van der Waals surface area contributed by atoms with Crippen molar-refractivity contribution in [1.29, 1.82) is 0 Å². The van der Waals surface area contributed by atoms with Gasteiger partial charge >= 0.3 is 0 Å². The van der Waals surface area contributed by atoms with Crippen molar-refractivity contribution < 1.29 is 18.3 Å². The number of hydrogen-bond acceptors (Lipinski definition) is 2. The Kier molecular flexibility index (Phi) is 4.66. The minimum absolute atomic E-state index is 0.0367. The van der Waals surface area contributed by atoms with E-state index in [0.29, 0.717) is 17.0 Å². The summed E-state index contributed by atoms with van der Waals surface area (Å²) in [5.41, 5.74) is 0.628. The fraction of sp³-hybridized carbons (Fsp3) is 0.0625. The number of carbonyl (C=O) groups is 1. The highest BCUT2D eigenvalue weighted by molar-refractivity contribution is 5.98. The Labute approximate surface area is 120 Å². The maximum atomic E-state index is 13.9. The van der Waals surface area contributed by atoms with Crippen LogP contribution in [0, 0.1) is 11.6 Å². The molecule has 2 rings (SSSR count). The van der Waals surface area contributed by atoms with E-state index >= 15 is 0 Å². The van der Waals surface area contributed by atoms with Gasteiger partial charge in [-0.3, -0.25) is 4.79 Å². The van der Waals surface area contributed by atoms with E-state index in [4.69, 9.17) is 4.74 Å². The van der Waals surface area contributed by atoms with E-state index in [1.54, 1.807) is 12.1 Å². The molecule has 3 nitrogen and oxygen atoms in total. The first-order chi connectivity index (χ1) is 10.1. The zero-order valence-electron chi connectivity index (χ0n) is 11.1. The first-order valence-electron chi connectivity index (χ1n) is 6.18. The van der Waals surface area contributed by atoms with Crippen molar-refractivity contribution in [3.63, 3.8) is 0 Å². The highest BCUT2D eigenvalue weighted by Gasteiger charge is 2.06. The molecule has 0 bridgehead atoms. The number of hydrogen-bond donors (Lipinski definition) is 1. The normalized spacial score (nSPS) is 10.0. The summed E-state index contributed by atoms with van der Waals surface area (Å²) in [5.74, 6) is -1.04. The van der Waals surface area contributed by atoms with Crippen LogP contribution in [0.15, 0.2) is 55.1 Å². The van der Waals surface area contributed by atoms with Crippen LogP contribution in [0.5, 0.6) is 5.75 Å². The van der Waals surface area contributed by atoms with Crippen molar-refractivity contribution >= 4 is 11.6 Å². The van der Waals surface area contributed by atoms with E-state index in [-0.39, 0.29) is 6.61 Å². The molecule has 1 amide bonds. The predicted octanol–water partition coefficient (Wildman–Crippen LogP) is 3.67. The number of amides is 1. The van der Waals surface area contributed by atoms with E-state index in [1.807, 2.05) is 0 Å². The van der Waals surface area contributed by atoms with Crippen LogP contribution in [-0.2, 0) is 11.4 Å². The van der Waals surface area contributed by atoms with Gasteiger partial charge in [0.2, 0.25) is 5.91 Å². The van der Waals surface area contributed by atoms with E-state index in [1.165, 1.54) is 30.3 Å². The summed E-state index contributed by atoms with van der Waals surface area (Å²) in [4.78, 5) is 11.1. The molecule has 5 heteroatoms. The minimum atomic E-state index is -0.520. The summed E-state index contributed by atoms with van der Waals surface area (Å²) in [6, 6.07) is 9.84. The maximum Gasteiger partial charge on any atom is 0.247 e. The molecule has 0 aromatic heterocycles. The van der Waals surface area contributed by atoms with Gasteiger partial charge in [-0.15, -0.1) is 0 Å². The SMILES string of the molecule is C=CC(=O)Nc1ccc(COc2cccc(F)c2)c(F)c1. The zero-order valence-corrected chi connectivity index (χ0v) is 11.1. The quantitative estimate of drug-likeness (QED) is 0.853. The lowest BCUT2D eigenvalue weighted by molar-refractivity contribution is -0.111. The third-order valence-electron chi connectivity index (χ3n) is 2.70. The standard InChI is InChI=1S/C16H13F2NO2/c1-2-16(20)19-13-7-6-11(15(18)9-13)10-21-14-5-3-4-12(17)8-14/h2-9H,1,10H2,(H,19,20). The first-order valence-corrected chi connectivity index (χ1v) is 6.18. The van der Waals surface area contributed by atoms with Crippen LogP contribution in [0.25, 0.3) is 0 Å². The predicted molar refractivity (Wildman–Crippen MR) is 76.0 cm³/mol. The first kappa shape index (κ1) is 14.7. The Hall–Kier alpha value is -2.69. The molecule has 0 heterocycles. The number of nitrogens with one attached hydrogen (secondary N) is 1. The van der Waals surface area contributed by atoms with Gasteiger partial charge < -0.3 is 10.1 Å². The fourth-order valence-corrected chi connectivity index (χ4v) is 1.65. The lowest BCUT2D eigenvalue weighted by atomic mass is 10.2. The number of halogens is 2. The van der Waals surface area contributed by atoms with Gasteiger partial charge in [0.15, 0.2) is 0 Å². The third kappa shape index (κ3) is 4.14. The van der Waals surface area contributed by atoms with E-state index in [0.717, 1.165) is 6.08 Å². The number of benzene rings is 2. The molecule has 0 saturated carbocycles. The van der Waals surface area contributed by atoms with Crippen LogP contribution in [0.3, 0.4) is 0 Å². The molecule has 2 aromatic rings. The van der Waals surface area contributed by atoms with Gasteiger partial charge in [-0.2, -0.15) is 0 Å². The molecular weight excluding hydrogens is 276 g/mol. The van der Waals surface area contributed by atoms with E-state index < -0.39 is 17.5 Å². The smallest absolute Gasteiger partial charge is 0.247 e. The summed E-state index contributed by atoms with van der Waals surface area (Å²) in [6.45, 7) is 3.27. The van der Waals surface area contributed by atoms with Gasteiger partial charge in [0, 0.05) is 17.3 Å². The molecule has 0 unspecified atom stereocenters. The molecule has 0 radical (unpaired) electrons. The number of rotatable bonds is 5. The lowest BCUT2D eigenvalue weighted by Crippen LogP contribution is -2.08. The molecule has 0 fully saturated rings. The average Bonchev–Trinajstić information content (AvgIpc) is 2.46. The topological polar surface area (TPSA) is 38.3 Å². The lowest BCUT2D eigenvalue weighted by Gasteiger charge is -2.09. The van der Waals surface area contributed by atoms with E-state index in [2.05, 4.69) is 11.9 Å². The monoisotopic (exact) mass is 289 g/mol. The van der Waals surface area contributed by atoms with Crippen molar-refractivity contribution in [2.75, 3.05) is 5.32 Å². The largest absolute Gasteiger partial charge is 0.489 e. The van der Waals surface area contributed by atoms with Crippen LogP contribution in [0.1, 0.15) is 5.56 Å². The molecule has 0 saturated heterocycles. The van der Waals surface area contributed by atoms with Crippen LogP contribution < -0.4 is 10.1 Å². The van der Waals surface area contributed by atoms with Gasteiger partial charge in [0.25, 0.3) is 0 Å². The molecule has 21 heavy (non-hydrogen) atoms. The molecule has 108 valence electrons. The van der Waals surface area contributed by atoms with Gasteiger partial charge in [-0.1, -0.05) is 18.7 Å². The van der Waals surface area contributed by atoms with Gasteiger partial charge in [-0.05, 0) is 30.3 Å². The van der Waals surface area contributed by atoms with Gasteiger partial charge in [0.1, 0.15) is 24.0 Å². The van der Waals surface area contributed by atoms with Gasteiger partial charge in [0.05, 0.1) is 0 Å². The summed E-state index contributed by atoms with van der Waals surface area (Å²) in [5, 5.41) is 2.45. The Bertz CT molecular complexity index is 671. The van der Waals surface area contributed by atoms with Crippen molar-refractivity contribution in [3.05, 3.63) is 72.3 Å². The second kappa shape index (κ2) is 6.65. The van der Waals surface area contributed by atoms with Crippen LogP contribution in [-0.4, -0.2) is 5.91 Å². The Balaban J connectivity index is 2.04. The summed E-state index contributed by atoms with van der Waals surface area (Å²) < 4.78 is 32.1. The zero-order chi connectivity index (χ0) is 15.2. The van der Waals surface area contributed by atoms with Crippen molar-refractivity contribution in [2.24, 2.45) is 0 Å². The number of anilines is 1. The maximum absolute atomic E-state index is 13.9. The van der Waals surface area contributed by atoms with Crippen LogP contribution in [0.2, 0.25) is 0 Å². The second-order valence-electron chi connectivity index (χ2n) is 4.25. The van der Waals surface area contributed by atoms with Crippen molar-refractivity contribution in [3.8, 4) is 5.75 Å². The minimum Gasteiger partial charge on any atom is -0.489 e. The fourth-order valence-electron chi connectivity index (χ4n) is 1.65. The molecular formula is C16H13F2NO2.